The summed E-state index contributed by atoms with van der Waals surface area (Å²) >= 11 is 11.7. The predicted octanol–water partition coefficient (Wildman–Crippen LogP) is 3.35. The van der Waals surface area contributed by atoms with Crippen LogP contribution >= 0.6 is 23.2 Å². The van der Waals surface area contributed by atoms with E-state index in [1.165, 1.54) is 0 Å². The molecule has 1 aromatic carbocycles. The van der Waals surface area contributed by atoms with Crippen molar-refractivity contribution < 1.29 is 4.52 Å². The van der Waals surface area contributed by atoms with E-state index >= 15 is 0 Å². The summed E-state index contributed by atoms with van der Waals surface area (Å²) in [6.07, 6.45) is 0. The van der Waals surface area contributed by atoms with E-state index in [9.17, 15) is 0 Å². The van der Waals surface area contributed by atoms with E-state index in [1.54, 1.807) is 25.1 Å². The molecule has 0 fully saturated rings. The smallest absolute Gasteiger partial charge is 0.259 e. The molecule has 5 heteroatoms. The molecule has 72 valence electrons. The van der Waals surface area contributed by atoms with Crippen LogP contribution in [-0.2, 0) is 0 Å². The maximum absolute atomic E-state index is 5.96. The number of nitrogens with zero attached hydrogens (tertiary/aromatic N) is 2. The molecule has 1 heterocycles. The summed E-state index contributed by atoms with van der Waals surface area (Å²) in [6.45, 7) is 1.75. The van der Waals surface area contributed by atoms with E-state index in [0.717, 1.165) is 0 Å². The third-order valence-electron chi connectivity index (χ3n) is 1.69. The molecule has 1 aromatic heterocycles. The van der Waals surface area contributed by atoms with Crippen LogP contribution in [0.25, 0.3) is 11.5 Å². The summed E-state index contributed by atoms with van der Waals surface area (Å²) in [5.41, 5.74) is 0.691. The molecular formula is C9H6Cl2N2O. The van der Waals surface area contributed by atoms with Gasteiger partial charge in [0.25, 0.3) is 5.89 Å². The maximum atomic E-state index is 5.96. The number of hydrogen-bond donors (Lipinski definition) is 0. The van der Waals surface area contributed by atoms with Gasteiger partial charge in [-0.15, -0.1) is 0 Å². The van der Waals surface area contributed by atoms with Crippen LogP contribution < -0.4 is 0 Å². The lowest BCUT2D eigenvalue weighted by atomic mass is 10.2. The van der Waals surface area contributed by atoms with Gasteiger partial charge in [0.05, 0.1) is 10.6 Å². The Bertz CT molecular complexity index is 468. The first-order valence-electron chi connectivity index (χ1n) is 3.92. The van der Waals surface area contributed by atoms with Crippen molar-refractivity contribution in [1.29, 1.82) is 0 Å². The second-order valence-electron chi connectivity index (χ2n) is 2.77. The van der Waals surface area contributed by atoms with Gasteiger partial charge in [-0.1, -0.05) is 28.4 Å². The van der Waals surface area contributed by atoms with Crippen molar-refractivity contribution in [3.8, 4) is 11.5 Å². The molecule has 0 amide bonds. The summed E-state index contributed by atoms with van der Waals surface area (Å²) in [6, 6.07) is 5.11. The SMILES string of the molecule is Cc1noc(-c2ccc(Cl)cc2Cl)n1. The Morgan fingerprint density at radius 3 is 2.64 bits per heavy atom. The number of aryl methyl sites for hydroxylation is 1. The molecule has 0 aliphatic rings. The minimum absolute atomic E-state index is 0.407. The fourth-order valence-electron chi connectivity index (χ4n) is 1.07. The minimum Gasteiger partial charge on any atom is -0.334 e. The van der Waals surface area contributed by atoms with E-state index < -0.39 is 0 Å². The number of benzene rings is 1. The van der Waals surface area contributed by atoms with E-state index in [-0.39, 0.29) is 0 Å². The Morgan fingerprint density at radius 1 is 1.29 bits per heavy atom. The van der Waals surface area contributed by atoms with Gasteiger partial charge >= 0.3 is 0 Å². The normalized spacial score (nSPS) is 10.5. The highest BCUT2D eigenvalue weighted by Gasteiger charge is 2.10. The first kappa shape index (κ1) is 9.49. The molecular weight excluding hydrogens is 223 g/mol. The molecule has 14 heavy (non-hydrogen) atoms. The number of hydrogen-bond acceptors (Lipinski definition) is 3. The lowest BCUT2D eigenvalue weighted by molar-refractivity contribution is 0.425. The van der Waals surface area contributed by atoms with Gasteiger partial charge in [-0.2, -0.15) is 4.98 Å². The first-order valence-corrected chi connectivity index (χ1v) is 4.68. The fraction of sp³-hybridized carbons (Fsp3) is 0.111. The van der Waals surface area contributed by atoms with Crippen molar-refractivity contribution in [2.24, 2.45) is 0 Å². The van der Waals surface area contributed by atoms with Gasteiger partial charge < -0.3 is 4.52 Å². The largest absolute Gasteiger partial charge is 0.334 e. The molecule has 3 nitrogen and oxygen atoms in total. The highest BCUT2D eigenvalue weighted by Crippen LogP contribution is 2.28. The molecule has 0 aliphatic carbocycles. The molecule has 2 rings (SSSR count). The van der Waals surface area contributed by atoms with Gasteiger partial charge in [-0.3, -0.25) is 0 Å². The lowest BCUT2D eigenvalue weighted by Gasteiger charge is -1.97. The van der Waals surface area contributed by atoms with Crippen molar-refractivity contribution in [3.63, 3.8) is 0 Å². The monoisotopic (exact) mass is 228 g/mol. The third-order valence-corrected chi connectivity index (χ3v) is 2.24. The van der Waals surface area contributed by atoms with Crippen molar-refractivity contribution in [3.05, 3.63) is 34.1 Å². The fourth-order valence-corrected chi connectivity index (χ4v) is 1.56. The topological polar surface area (TPSA) is 38.9 Å². The summed E-state index contributed by atoms with van der Waals surface area (Å²) < 4.78 is 4.98. The Labute approximate surface area is 90.6 Å². The first-order chi connectivity index (χ1) is 6.66. The zero-order valence-corrected chi connectivity index (χ0v) is 8.80. The van der Waals surface area contributed by atoms with Crippen molar-refractivity contribution in [2.45, 2.75) is 6.92 Å². The molecule has 0 atom stereocenters. The molecule has 0 N–H and O–H groups in total. The molecule has 0 saturated carbocycles. The molecule has 0 unspecified atom stereocenters. The number of halogens is 2. The second kappa shape index (κ2) is 3.59. The van der Waals surface area contributed by atoms with Crippen LogP contribution in [-0.4, -0.2) is 10.1 Å². The zero-order valence-electron chi connectivity index (χ0n) is 7.29. The van der Waals surface area contributed by atoms with Crippen LogP contribution in [0.2, 0.25) is 10.0 Å². The van der Waals surface area contributed by atoms with Gasteiger partial charge in [0.2, 0.25) is 0 Å². The Hall–Kier alpha value is -1.06. The van der Waals surface area contributed by atoms with Crippen LogP contribution in [0.5, 0.6) is 0 Å². The van der Waals surface area contributed by atoms with E-state index in [4.69, 9.17) is 27.7 Å². The van der Waals surface area contributed by atoms with Crippen LogP contribution in [0, 0.1) is 6.92 Å². The van der Waals surface area contributed by atoms with Crippen molar-refractivity contribution >= 4 is 23.2 Å². The second-order valence-corrected chi connectivity index (χ2v) is 3.61. The Kier molecular flexibility index (Phi) is 2.44. The molecule has 0 saturated heterocycles. The molecule has 0 spiro atoms. The van der Waals surface area contributed by atoms with Gasteiger partial charge in [0, 0.05) is 5.02 Å². The van der Waals surface area contributed by atoms with Crippen LogP contribution in [0.4, 0.5) is 0 Å². The minimum atomic E-state index is 0.407. The van der Waals surface area contributed by atoms with Crippen LogP contribution in [0.1, 0.15) is 5.82 Å². The van der Waals surface area contributed by atoms with Gasteiger partial charge in [-0.05, 0) is 25.1 Å². The average Bonchev–Trinajstić information content (AvgIpc) is 2.51. The zero-order chi connectivity index (χ0) is 10.1. The molecule has 2 aromatic rings. The van der Waals surface area contributed by atoms with Crippen molar-refractivity contribution in [1.82, 2.24) is 10.1 Å². The van der Waals surface area contributed by atoms with Gasteiger partial charge in [0.1, 0.15) is 0 Å². The standard InChI is InChI=1S/C9H6Cl2N2O/c1-5-12-9(14-13-5)7-3-2-6(10)4-8(7)11/h2-4H,1H3. The quantitative estimate of drug-likeness (QED) is 0.752. The van der Waals surface area contributed by atoms with Crippen LogP contribution in [0.3, 0.4) is 0 Å². The summed E-state index contributed by atoms with van der Waals surface area (Å²) in [7, 11) is 0. The molecule has 0 bridgehead atoms. The molecule has 0 aliphatic heterocycles. The van der Waals surface area contributed by atoms with Crippen molar-refractivity contribution in [2.75, 3.05) is 0 Å². The summed E-state index contributed by atoms with van der Waals surface area (Å²) in [5.74, 6) is 0.982. The highest BCUT2D eigenvalue weighted by molar-refractivity contribution is 6.36. The number of aromatic nitrogens is 2. The summed E-state index contributed by atoms with van der Waals surface area (Å²) in [4.78, 5) is 4.07. The number of rotatable bonds is 1. The van der Waals surface area contributed by atoms with Crippen LogP contribution in [0.15, 0.2) is 22.7 Å². The lowest BCUT2D eigenvalue weighted by Crippen LogP contribution is -1.79. The Balaban J connectivity index is 2.52. The maximum Gasteiger partial charge on any atom is 0.259 e. The van der Waals surface area contributed by atoms with E-state index in [2.05, 4.69) is 10.1 Å². The summed E-state index contributed by atoms with van der Waals surface area (Å²) in [5, 5.41) is 4.76. The van der Waals surface area contributed by atoms with E-state index in [1.807, 2.05) is 0 Å². The van der Waals surface area contributed by atoms with E-state index in [0.29, 0.717) is 27.3 Å². The Morgan fingerprint density at radius 2 is 2.07 bits per heavy atom. The average molecular weight is 229 g/mol. The van der Waals surface area contributed by atoms with Gasteiger partial charge in [-0.25, -0.2) is 0 Å². The third kappa shape index (κ3) is 1.74. The van der Waals surface area contributed by atoms with Gasteiger partial charge in [0.15, 0.2) is 5.82 Å². The molecule has 0 radical (unpaired) electrons. The highest BCUT2D eigenvalue weighted by atomic mass is 35.5. The predicted molar refractivity (Wildman–Crippen MR) is 54.5 cm³/mol.